The number of aromatic nitrogens is 2. The lowest BCUT2D eigenvalue weighted by molar-refractivity contribution is 0.0691. The van der Waals surface area contributed by atoms with Gasteiger partial charge < -0.3 is 5.11 Å². The third kappa shape index (κ3) is 4.23. The number of carboxylic acid groups (broad SMARTS) is 1. The Morgan fingerprint density at radius 2 is 1.79 bits per heavy atom. The Bertz CT molecular complexity index is 1050. The molecule has 0 unspecified atom stereocenters. The molecule has 0 spiro atoms. The van der Waals surface area contributed by atoms with Gasteiger partial charge in [-0.15, -0.1) is 0 Å². The highest BCUT2D eigenvalue weighted by molar-refractivity contribution is 6.31. The molecule has 0 fully saturated rings. The van der Waals surface area contributed by atoms with Crippen molar-refractivity contribution in [1.29, 1.82) is 0 Å². The van der Waals surface area contributed by atoms with Gasteiger partial charge in [0.15, 0.2) is 5.69 Å². The number of hydrogen-bond acceptors (Lipinski definition) is 2. The predicted octanol–water partition coefficient (Wildman–Crippen LogP) is 6.44. The van der Waals surface area contributed by atoms with E-state index in [0.717, 1.165) is 11.3 Å². The van der Waals surface area contributed by atoms with E-state index in [1.807, 2.05) is 35.8 Å². The summed E-state index contributed by atoms with van der Waals surface area (Å²) in [6.07, 6.45) is 0.597. The van der Waals surface area contributed by atoms with Crippen molar-refractivity contribution in [2.24, 2.45) is 5.41 Å². The molecule has 3 rings (SSSR count). The van der Waals surface area contributed by atoms with Gasteiger partial charge in [-0.25, -0.2) is 9.78 Å². The minimum absolute atomic E-state index is 0.000826. The first-order chi connectivity index (χ1) is 13.1. The number of rotatable bonds is 4. The molecule has 1 aromatic heterocycles. The lowest BCUT2D eigenvalue weighted by Gasteiger charge is -2.21. The maximum Gasteiger partial charge on any atom is 0.356 e. The lowest BCUT2D eigenvalue weighted by Crippen LogP contribution is -2.14. The van der Waals surface area contributed by atoms with Crippen molar-refractivity contribution in [3.05, 3.63) is 69.6 Å². The maximum absolute atomic E-state index is 12.1. The Balaban J connectivity index is 2.42. The number of benzene rings is 2. The minimum Gasteiger partial charge on any atom is -0.476 e. The molecular weight excluding hydrogens is 395 g/mol. The van der Waals surface area contributed by atoms with E-state index in [9.17, 15) is 9.90 Å². The van der Waals surface area contributed by atoms with Crippen molar-refractivity contribution in [2.45, 2.75) is 34.1 Å². The van der Waals surface area contributed by atoms with Crippen LogP contribution < -0.4 is 0 Å². The first kappa shape index (κ1) is 20.4. The van der Waals surface area contributed by atoms with Gasteiger partial charge >= 0.3 is 5.97 Å². The summed E-state index contributed by atoms with van der Waals surface area (Å²) in [6, 6.07) is 12.7. The number of aromatic carboxylic acids is 1. The fraction of sp³-hybridized carbons (Fsp3) is 0.273. The Labute approximate surface area is 174 Å². The lowest BCUT2D eigenvalue weighted by atomic mass is 9.92. The summed E-state index contributed by atoms with van der Waals surface area (Å²) in [5.41, 5.74) is 2.88. The number of imidazole rings is 1. The van der Waals surface area contributed by atoms with E-state index in [4.69, 9.17) is 23.2 Å². The molecule has 0 aliphatic carbocycles. The number of nitrogens with zero attached hydrogens (tertiary/aromatic N) is 2. The third-order valence-electron chi connectivity index (χ3n) is 4.35. The molecule has 146 valence electrons. The first-order valence-corrected chi connectivity index (χ1v) is 9.70. The molecule has 0 aliphatic rings. The zero-order valence-electron chi connectivity index (χ0n) is 16.3. The maximum atomic E-state index is 12.1. The molecule has 0 saturated heterocycles. The third-order valence-corrected chi connectivity index (χ3v) is 4.82. The van der Waals surface area contributed by atoms with Crippen LogP contribution in [0, 0.1) is 12.3 Å². The van der Waals surface area contributed by atoms with E-state index in [2.05, 4.69) is 25.8 Å². The average Bonchev–Trinajstić information content (AvgIpc) is 2.94. The molecule has 6 heteroatoms. The van der Waals surface area contributed by atoms with E-state index in [1.54, 1.807) is 18.2 Å². The fourth-order valence-corrected chi connectivity index (χ4v) is 3.55. The summed E-state index contributed by atoms with van der Waals surface area (Å²) < 4.78 is 1.90. The first-order valence-electron chi connectivity index (χ1n) is 8.94. The van der Waals surface area contributed by atoms with Crippen LogP contribution in [0.15, 0.2) is 42.5 Å². The number of halogens is 2. The number of carboxylic acids is 1. The van der Waals surface area contributed by atoms with E-state index < -0.39 is 5.97 Å². The van der Waals surface area contributed by atoms with E-state index >= 15 is 0 Å². The summed E-state index contributed by atoms with van der Waals surface area (Å²) >= 11 is 12.5. The van der Waals surface area contributed by atoms with Crippen molar-refractivity contribution in [1.82, 2.24) is 9.55 Å². The zero-order valence-corrected chi connectivity index (χ0v) is 17.8. The van der Waals surface area contributed by atoms with Crippen LogP contribution in [-0.4, -0.2) is 20.6 Å². The van der Waals surface area contributed by atoms with Crippen LogP contribution in [-0.2, 0) is 6.42 Å². The average molecular weight is 417 g/mol. The minimum atomic E-state index is -1.08. The van der Waals surface area contributed by atoms with Crippen molar-refractivity contribution in [2.75, 3.05) is 0 Å². The highest BCUT2D eigenvalue weighted by Crippen LogP contribution is 2.34. The molecular formula is C22H22Cl2N2O2. The highest BCUT2D eigenvalue weighted by atomic mass is 35.5. The van der Waals surface area contributed by atoms with Crippen molar-refractivity contribution in [3.63, 3.8) is 0 Å². The van der Waals surface area contributed by atoms with E-state index in [1.165, 1.54) is 0 Å². The number of hydrogen-bond donors (Lipinski definition) is 1. The monoisotopic (exact) mass is 416 g/mol. The van der Waals surface area contributed by atoms with Gasteiger partial charge in [0, 0.05) is 22.0 Å². The molecule has 0 amide bonds. The van der Waals surface area contributed by atoms with Crippen LogP contribution >= 0.6 is 23.2 Å². The topological polar surface area (TPSA) is 55.1 Å². The summed E-state index contributed by atoms with van der Waals surface area (Å²) in [7, 11) is 0. The molecule has 2 aromatic carbocycles. The molecule has 0 aliphatic heterocycles. The van der Waals surface area contributed by atoms with Crippen LogP contribution in [0.1, 0.15) is 42.6 Å². The van der Waals surface area contributed by atoms with Crippen LogP contribution in [0.25, 0.3) is 16.9 Å². The summed E-state index contributed by atoms with van der Waals surface area (Å²) in [4.78, 5) is 16.6. The number of carbonyl (C=O) groups is 1. The fourth-order valence-electron chi connectivity index (χ4n) is 3.19. The second-order valence-corrected chi connectivity index (χ2v) is 8.92. The molecule has 1 heterocycles. The smallest absolute Gasteiger partial charge is 0.356 e. The molecule has 0 saturated carbocycles. The van der Waals surface area contributed by atoms with Gasteiger partial charge in [-0.05, 0) is 42.2 Å². The van der Waals surface area contributed by atoms with Crippen LogP contribution in [0.2, 0.25) is 10.0 Å². The molecule has 4 nitrogen and oxygen atoms in total. The molecule has 28 heavy (non-hydrogen) atoms. The molecule has 3 aromatic rings. The van der Waals surface area contributed by atoms with Gasteiger partial charge in [0.25, 0.3) is 0 Å². The van der Waals surface area contributed by atoms with Gasteiger partial charge in [0.1, 0.15) is 5.82 Å². The molecule has 1 N–H and O–H groups in total. The van der Waals surface area contributed by atoms with Crippen molar-refractivity contribution >= 4 is 29.2 Å². The largest absolute Gasteiger partial charge is 0.476 e. The standard InChI is InChI=1S/C22H22Cl2N2O2/c1-13-8-9-16(24)11-17(13)26-18(12-22(2,3)4)25-19(21(27)28)20(26)14-6-5-7-15(23)10-14/h5-11H,12H2,1-4H3,(H,27,28). The van der Waals surface area contributed by atoms with E-state index in [0.29, 0.717) is 33.5 Å². The van der Waals surface area contributed by atoms with E-state index in [-0.39, 0.29) is 11.1 Å². The van der Waals surface area contributed by atoms with Gasteiger partial charge in [-0.3, -0.25) is 4.57 Å². The van der Waals surface area contributed by atoms with Crippen LogP contribution in [0.5, 0.6) is 0 Å². The second-order valence-electron chi connectivity index (χ2n) is 8.04. The Kier molecular flexibility index (Phi) is 5.55. The second kappa shape index (κ2) is 7.61. The van der Waals surface area contributed by atoms with Crippen molar-refractivity contribution < 1.29 is 9.90 Å². The summed E-state index contributed by atoms with van der Waals surface area (Å²) in [6.45, 7) is 8.25. The quantitative estimate of drug-likeness (QED) is 0.531. The van der Waals surface area contributed by atoms with Crippen molar-refractivity contribution in [3.8, 4) is 16.9 Å². The van der Waals surface area contributed by atoms with Gasteiger partial charge in [-0.2, -0.15) is 0 Å². The van der Waals surface area contributed by atoms with Gasteiger partial charge in [0.05, 0.1) is 11.4 Å². The Morgan fingerprint density at radius 1 is 1.11 bits per heavy atom. The number of aryl methyl sites for hydroxylation is 1. The predicted molar refractivity (Wildman–Crippen MR) is 114 cm³/mol. The Morgan fingerprint density at radius 3 is 2.39 bits per heavy atom. The normalized spacial score (nSPS) is 11.6. The Hall–Kier alpha value is -2.30. The van der Waals surface area contributed by atoms with Crippen LogP contribution in [0.3, 0.4) is 0 Å². The molecule has 0 atom stereocenters. The summed E-state index contributed by atoms with van der Waals surface area (Å²) in [5.74, 6) is -0.409. The summed E-state index contributed by atoms with van der Waals surface area (Å²) in [5, 5.41) is 11.0. The molecule has 0 bridgehead atoms. The zero-order chi connectivity index (χ0) is 20.6. The van der Waals surface area contributed by atoms with Gasteiger partial charge in [-0.1, -0.05) is 62.2 Å². The van der Waals surface area contributed by atoms with Crippen LogP contribution in [0.4, 0.5) is 0 Å². The van der Waals surface area contributed by atoms with Gasteiger partial charge in [0.2, 0.25) is 0 Å². The highest BCUT2D eigenvalue weighted by Gasteiger charge is 2.27. The SMILES string of the molecule is Cc1ccc(Cl)cc1-n1c(CC(C)(C)C)nc(C(=O)O)c1-c1cccc(Cl)c1. The molecule has 0 radical (unpaired) electrons.